The fourth-order valence-electron chi connectivity index (χ4n) is 5.37. The third-order valence-corrected chi connectivity index (χ3v) is 9.92. The molecule has 1 aliphatic rings. The fraction of sp³-hybridized carbons (Fsp3) is 0.250. The predicted octanol–water partition coefficient (Wildman–Crippen LogP) is 8.62. The molecule has 5 aromatic rings. The normalized spacial score (nSPS) is 12.3. The lowest BCUT2D eigenvalue weighted by Gasteiger charge is -2.18. The van der Waals surface area contributed by atoms with E-state index in [-0.39, 0.29) is 24.9 Å². The maximum Gasteiger partial charge on any atom is 0.282 e. The molecule has 0 amide bonds. The molecule has 1 aromatic heterocycles. The molecule has 0 radical (unpaired) electrons. The molecule has 47 heavy (non-hydrogen) atoms. The van der Waals surface area contributed by atoms with E-state index in [0.29, 0.717) is 60.8 Å². The highest BCUT2D eigenvalue weighted by Gasteiger charge is 2.21. The molecule has 0 unspecified atom stereocenters. The topological polar surface area (TPSA) is 93.4 Å². The van der Waals surface area contributed by atoms with Crippen molar-refractivity contribution in [1.82, 2.24) is 9.66 Å². The number of para-hydroxylation sites is 1. The van der Waals surface area contributed by atoms with E-state index in [1.165, 1.54) is 4.68 Å². The molecule has 0 aliphatic carbocycles. The Balaban J connectivity index is 1.42. The van der Waals surface area contributed by atoms with Gasteiger partial charge in [-0.3, -0.25) is 4.79 Å². The van der Waals surface area contributed by atoms with Gasteiger partial charge in [-0.05, 0) is 111 Å². The molecule has 0 saturated heterocycles. The summed E-state index contributed by atoms with van der Waals surface area (Å²) in [6.07, 6.45) is 1.61. The number of benzene rings is 4. The first-order chi connectivity index (χ1) is 22.7. The molecule has 2 heterocycles. The van der Waals surface area contributed by atoms with Crippen molar-refractivity contribution in [2.45, 2.75) is 40.2 Å². The number of ether oxygens (including phenoxy) is 5. The summed E-state index contributed by atoms with van der Waals surface area (Å²) in [5.74, 6) is 3.84. The van der Waals surface area contributed by atoms with Gasteiger partial charge in [-0.2, -0.15) is 9.78 Å². The summed E-state index contributed by atoms with van der Waals surface area (Å²) in [4.78, 5) is 18.9. The van der Waals surface area contributed by atoms with Crippen LogP contribution in [0.5, 0.6) is 28.7 Å². The number of aryl methyl sites for hydroxylation is 1. The van der Waals surface area contributed by atoms with E-state index < -0.39 is 0 Å². The largest absolute Gasteiger partial charge is 0.496 e. The van der Waals surface area contributed by atoms with E-state index in [9.17, 15) is 4.79 Å². The summed E-state index contributed by atoms with van der Waals surface area (Å²) < 4.78 is 31.5. The summed E-state index contributed by atoms with van der Waals surface area (Å²) in [5, 5.41) is 5.20. The van der Waals surface area contributed by atoms with Crippen molar-refractivity contribution in [1.29, 1.82) is 0 Å². The molecule has 242 valence electrons. The van der Waals surface area contributed by atoms with Gasteiger partial charge in [0.15, 0.2) is 28.8 Å². The Labute approximate surface area is 289 Å². The minimum atomic E-state index is -0.285. The lowest BCUT2D eigenvalue weighted by Crippen LogP contribution is -2.21. The van der Waals surface area contributed by atoms with Crippen molar-refractivity contribution in [2.24, 2.45) is 5.10 Å². The third kappa shape index (κ3) is 6.46. The highest BCUT2D eigenvalue weighted by molar-refractivity contribution is 9.13. The zero-order valence-electron chi connectivity index (χ0n) is 26.6. The van der Waals surface area contributed by atoms with Crippen molar-refractivity contribution >= 4 is 49.0 Å². The second-order valence-electron chi connectivity index (χ2n) is 11.2. The molecule has 11 heteroatoms. The van der Waals surface area contributed by atoms with Gasteiger partial charge in [0.2, 0.25) is 6.79 Å². The summed E-state index contributed by atoms with van der Waals surface area (Å²) in [6.45, 7) is 8.97. The number of methoxy groups -OCH3 is 1. The molecule has 0 fully saturated rings. The average molecular weight is 763 g/mol. The third-order valence-electron chi connectivity index (χ3n) is 7.78. The molecule has 9 nitrogen and oxygen atoms in total. The van der Waals surface area contributed by atoms with Gasteiger partial charge in [-0.1, -0.05) is 32.0 Å². The van der Waals surface area contributed by atoms with Crippen molar-refractivity contribution in [3.63, 3.8) is 0 Å². The predicted molar refractivity (Wildman–Crippen MR) is 190 cm³/mol. The van der Waals surface area contributed by atoms with E-state index in [0.717, 1.165) is 28.0 Å². The minimum Gasteiger partial charge on any atom is -0.496 e. The minimum absolute atomic E-state index is 0.185. The van der Waals surface area contributed by atoms with Crippen LogP contribution in [0, 0.1) is 6.92 Å². The van der Waals surface area contributed by atoms with Crippen LogP contribution in [0.4, 0.5) is 0 Å². The Morgan fingerprint density at radius 1 is 1.00 bits per heavy atom. The molecule has 0 bridgehead atoms. The fourth-order valence-corrected chi connectivity index (χ4v) is 6.31. The molecule has 0 saturated carbocycles. The average Bonchev–Trinajstić information content (AvgIpc) is 3.54. The van der Waals surface area contributed by atoms with Crippen molar-refractivity contribution in [3.8, 4) is 40.1 Å². The Kier molecular flexibility index (Phi) is 9.56. The van der Waals surface area contributed by atoms with E-state index in [1.54, 1.807) is 19.4 Å². The number of hydrogen-bond donors (Lipinski definition) is 0. The van der Waals surface area contributed by atoms with Gasteiger partial charge in [0.25, 0.3) is 5.56 Å². The second kappa shape index (κ2) is 13.8. The molecule has 1 aliphatic heterocycles. The van der Waals surface area contributed by atoms with Crippen molar-refractivity contribution in [3.05, 3.63) is 102 Å². The SMILES string of the molecule is CCOc1cc(C=Nn2c(-c3cc(C(C)C)c(OC)cc3C)nc3ccccc3c2=O)c(Br)c(Br)c1OCc1ccc2c(c1)OCO2. The Bertz CT molecular complexity index is 2080. The summed E-state index contributed by atoms with van der Waals surface area (Å²) >= 11 is 7.40. The van der Waals surface area contributed by atoms with Gasteiger partial charge in [-0.25, -0.2) is 4.98 Å². The summed E-state index contributed by atoms with van der Waals surface area (Å²) in [6, 6.07) is 18.8. The maximum atomic E-state index is 14.0. The van der Waals surface area contributed by atoms with Gasteiger partial charge in [0, 0.05) is 15.6 Å². The number of rotatable bonds is 10. The molecule has 4 aromatic carbocycles. The standard InChI is InChI=1S/C36H33Br2N3O6/c1-6-44-31-15-23(32(37)33(38)34(31)45-18-22-11-12-28-30(14-22)47-19-46-28)17-39-41-35(40-27-10-8-7-9-24(27)36(41)42)26-16-25(20(2)3)29(43-5)13-21(26)4/h7-17,20H,6,18-19H2,1-5H3. The number of aromatic nitrogens is 2. The van der Waals surface area contributed by atoms with Crippen LogP contribution in [-0.2, 0) is 6.61 Å². The zero-order chi connectivity index (χ0) is 33.2. The van der Waals surface area contributed by atoms with Crippen LogP contribution < -0.4 is 29.2 Å². The molecular weight excluding hydrogens is 730 g/mol. The Morgan fingerprint density at radius 3 is 2.55 bits per heavy atom. The van der Waals surface area contributed by atoms with Gasteiger partial charge in [-0.15, -0.1) is 0 Å². The summed E-state index contributed by atoms with van der Waals surface area (Å²) in [5.41, 5.74) is 4.58. The van der Waals surface area contributed by atoms with Crippen LogP contribution in [-0.4, -0.2) is 36.4 Å². The lowest BCUT2D eigenvalue weighted by molar-refractivity contribution is 0.174. The van der Waals surface area contributed by atoms with Crippen LogP contribution in [0.3, 0.4) is 0 Å². The Hall–Kier alpha value is -4.35. The number of nitrogens with zero attached hydrogens (tertiary/aromatic N) is 3. The zero-order valence-corrected chi connectivity index (χ0v) is 29.8. The van der Waals surface area contributed by atoms with Crippen LogP contribution in [0.1, 0.15) is 48.9 Å². The first-order valence-corrected chi connectivity index (χ1v) is 16.7. The van der Waals surface area contributed by atoms with Gasteiger partial charge in [0.1, 0.15) is 12.4 Å². The molecule has 0 atom stereocenters. The molecular formula is C36H33Br2N3O6. The number of fused-ring (bicyclic) bond motifs is 2. The quantitative estimate of drug-likeness (QED) is 0.132. The summed E-state index contributed by atoms with van der Waals surface area (Å²) in [7, 11) is 1.66. The van der Waals surface area contributed by atoms with E-state index in [2.05, 4.69) is 45.7 Å². The first kappa shape index (κ1) is 32.6. The van der Waals surface area contributed by atoms with E-state index >= 15 is 0 Å². The van der Waals surface area contributed by atoms with Crippen LogP contribution in [0.25, 0.3) is 22.3 Å². The lowest BCUT2D eigenvalue weighted by atomic mass is 9.96. The van der Waals surface area contributed by atoms with Gasteiger partial charge >= 0.3 is 0 Å². The molecule has 0 spiro atoms. The van der Waals surface area contributed by atoms with Crippen LogP contribution in [0.15, 0.2) is 79.5 Å². The van der Waals surface area contributed by atoms with Crippen LogP contribution in [0.2, 0.25) is 0 Å². The maximum absolute atomic E-state index is 14.0. The molecule has 0 N–H and O–H groups in total. The highest BCUT2D eigenvalue weighted by Crippen LogP contribution is 2.43. The van der Waals surface area contributed by atoms with E-state index in [1.807, 2.05) is 68.4 Å². The van der Waals surface area contributed by atoms with Crippen molar-refractivity contribution in [2.75, 3.05) is 20.5 Å². The Morgan fingerprint density at radius 2 is 1.79 bits per heavy atom. The highest BCUT2D eigenvalue weighted by atomic mass is 79.9. The number of halogens is 2. The smallest absolute Gasteiger partial charge is 0.282 e. The van der Waals surface area contributed by atoms with Crippen molar-refractivity contribution < 1.29 is 23.7 Å². The second-order valence-corrected chi connectivity index (χ2v) is 12.8. The van der Waals surface area contributed by atoms with Gasteiger partial charge < -0.3 is 23.7 Å². The van der Waals surface area contributed by atoms with Crippen LogP contribution >= 0.6 is 31.9 Å². The molecule has 6 rings (SSSR count). The number of hydrogen-bond acceptors (Lipinski definition) is 8. The first-order valence-electron chi connectivity index (χ1n) is 15.1. The van der Waals surface area contributed by atoms with E-state index in [4.69, 9.17) is 33.8 Å². The van der Waals surface area contributed by atoms with Gasteiger partial charge in [0.05, 0.1) is 35.3 Å². The monoisotopic (exact) mass is 761 g/mol.